The molecular weight excluding hydrogens is 200 g/mol. The van der Waals surface area contributed by atoms with Crippen molar-refractivity contribution in [1.82, 2.24) is 0 Å². The number of ether oxygens (including phenoxy) is 1. The summed E-state index contributed by atoms with van der Waals surface area (Å²) in [6.07, 6.45) is 0.739. The first-order valence-corrected chi connectivity index (χ1v) is 5.72. The predicted octanol–water partition coefficient (Wildman–Crippen LogP) is 1.18. The van der Waals surface area contributed by atoms with Crippen molar-refractivity contribution >= 4 is 21.7 Å². The maximum absolute atomic E-state index is 11.0. The van der Waals surface area contributed by atoms with Crippen LogP contribution in [-0.4, -0.2) is 28.3 Å². The summed E-state index contributed by atoms with van der Waals surface area (Å²) in [5.41, 5.74) is 0. The first kappa shape index (κ1) is 13.2. The van der Waals surface area contributed by atoms with Crippen molar-refractivity contribution in [3.8, 4) is 0 Å². The minimum atomic E-state index is -0.271. The number of carbonyl (C=O) groups excluding carboxylic acids is 2. The van der Waals surface area contributed by atoms with E-state index in [1.807, 2.05) is 0 Å². The second kappa shape index (κ2) is 7.55. The van der Waals surface area contributed by atoms with E-state index in [0.29, 0.717) is 6.61 Å². The van der Waals surface area contributed by atoms with Crippen molar-refractivity contribution < 1.29 is 18.8 Å². The standard InChI is InChI=1S/C9H16O4Si/c1-7(2)9(11)13-14-6-4-5-12-8(3)10/h7H,4-6H2,1-3H3. The highest BCUT2D eigenvalue weighted by Crippen LogP contribution is 1.97. The lowest BCUT2D eigenvalue weighted by molar-refractivity contribution is -0.141. The van der Waals surface area contributed by atoms with Gasteiger partial charge >= 0.3 is 15.7 Å². The molecule has 80 valence electrons. The molecule has 0 heterocycles. The Labute approximate surface area is 86.9 Å². The molecule has 0 atom stereocenters. The minimum Gasteiger partial charge on any atom is -0.516 e. The molecule has 0 unspecified atom stereocenters. The molecule has 0 aromatic carbocycles. The molecule has 4 nitrogen and oxygen atoms in total. The van der Waals surface area contributed by atoms with Crippen molar-refractivity contribution in [2.75, 3.05) is 6.61 Å². The second-order valence-corrected chi connectivity index (χ2v) is 4.16. The molecule has 0 saturated heterocycles. The third kappa shape index (κ3) is 7.79. The summed E-state index contributed by atoms with van der Waals surface area (Å²) in [6, 6.07) is 0.756. The molecule has 0 bridgehead atoms. The fraction of sp³-hybridized carbons (Fsp3) is 0.778. The quantitative estimate of drug-likeness (QED) is 0.380. The summed E-state index contributed by atoms with van der Waals surface area (Å²) in [5, 5.41) is 0. The second-order valence-electron chi connectivity index (χ2n) is 3.16. The summed E-state index contributed by atoms with van der Waals surface area (Å²) in [7, 11) is 0.168. The zero-order valence-corrected chi connectivity index (χ0v) is 9.83. The molecule has 0 aromatic heterocycles. The van der Waals surface area contributed by atoms with Gasteiger partial charge in [0.1, 0.15) is 0 Å². The summed E-state index contributed by atoms with van der Waals surface area (Å²) in [4.78, 5) is 21.4. The number of rotatable bonds is 6. The lowest BCUT2D eigenvalue weighted by Gasteiger charge is -2.05. The summed E-state index contributed by atoms with van der Waals surface area (Å²) >= 11 is 0. The number of hydrogen-bond donors (Lipinski definition) is 0. The van der Waals surface area contributed by atoms with Gasteiger partial charge in [0.25, 0.3) is 5.97 Å². The molecule has 2 radical (unpaired) electrons. The molecule has 0 amide bonds. The van der Waals surface area contributed by atoms with Gasteiger partial charge in [-0.05, 0) is 12.5 Å². The Morgan fingerprint density at radius 3 is 2.50 bits per heavy atom. The van der Waals surface area contributed by atoms with E-state index in [4.69, 9.17) is 9.16 Å². The van der Waals surface area contributed by atoms with Gasteiger partial charge in [-0.25, -0.2) is 0 Å². The first-order chi connectivity index (χ1) is 6.54. The maximum atomic E-state index is 11.0. The van der Waals surface area contributed by atoms with Crippen molar-refractivity contribution in [3.63, 3.8) is 0 Å². The molecular formula is C9H16O4Si. The Morgan fingerprint density at radius 2 is 2.00 bits per heavy atom. The normalized spacial score (nSPS) is 10.0. The number of esters is 1. The average Bonchev–Trinajstić information content (AvgIpc) is 2.09. The van der Waals surface area contributed by atoms with Gasteiger partial charge in [0.2, 0.25) is 0 Å². The lowest BCUT2D eigenvalue weighted by atomic mass is 10.2. The molecule has 0 saturated carbocycles. The summed E-state index contributed by atoms with van der Waals surface area (Å²) in [5.74, 6) is -0.515. The largest absolute Gasteiger partial charge is 0.516 e. The van der Waals surface area contributed by atoms with E-state index >= 15 is 0 Å². The van der Waals surface area contributed by atoms with E-state index in [0.717, 1.165) is 12.5 Å². The highest BCUT2D eigenvalue weighted by Gasteiger charge is 2.07. The summed E-state index contributed by atoms with van der Waals surface area (Å²) < 4.78 is 9.68. The van der Waals surface area contributed by atoms with Gasteiger partial charge in [-0.15, -0.1) is 0 Å². The monoisotopic (exact) mass is 216 g/mol. The fourth-order valence-electron chi connectivity index (χ4n) is 0.600. The molecule has 0 N–H and O–H groups in total. The number of hydrogen-bond acceptors (Lipinski definition) is 4. The van der Waals surface area contributed by atoms with Crippen LogP contribution in [0.2, 0.25) is 6.04 Å². The van der Waals surface area contributed by atoms with Crippen LogP contribution in [0.15, 0.2) is 0 Å². The van der Waals surface area contributed by atoms with Gasteiger partial charge in [0.15, 0.2) is 0 Å². The average molecular weight is 216 g/mol. The molecule has 0 fully saturated rings. The zero-order valence-electron chi connectivity index (χ0n) is 8.83. The van der Waals surface area contributed by atoms with Crippen molar-refractivity contribution in [1.29, 1.82) is 0 Å². The molecule has 0 aliphatic rings. The Morgan fingerprint density at radius 1 is 1.36 bits per heavy atom. The van der Waals surface area contributed by atoms with Crippen LogP contribution in [0.25, 0.3) is 0 Å². The van der Waals surface area contributed by atoms with Gasteiger partial charge in [0, 0.05) is 12.8 Å². The van der Waals surface area contributed by atoms with Gasteiger partial charge in [-0.2, -0.15) is 0 Å². The molecule has 0 aromatic rings. The van der Waals surface area contributed by atoms with Gasteiger partial charge in [0.05, 0.1) is 6.61 Å². The third-order valence-corrected chi connectivity index (χ3v) is 2.28. The molecule has 14 heavy (non-hydrogen) atoms. The highest BCUT2D eigenvalue weighted by atomic mass is 28.2. The van der Waals surface area contributed by atoms with E-state index < -0.39 is 0 Å². The maximum Gasteiger partial charge on any atom is 0.314 e. The molecule has 0 aliphatic carbocycles. The lowest BCUT2D eigenvalue weighted by Crippen LogP contribution is -2.14. The Kier molecular flexibility index (Phi) is 7.10. The topological polar surface area (TPSA) is 52.6 Å². The Bertz CT molecular complexity index is 191. The third-order valence-electron chi connectivity index (χ3n) is 1.37. The Hall–Kier alpha value is -0.843. The first-order valence-electron chi connectivity index (χ1n) is 4.61. The van der Waals surface area contributed by atoms with Crippen molar-refractivity contribution in [2.45, 2.75) is 33.2 Å². The van der Waals surface area contributed by atoms with Crippen LogP contribution in [0.4, 0.5) is 0 Å². The van der Waals surface area contributed by atoms with E-state index in [9.17, 15) is 9.59 Å². The van der Waals surface area contributed by atoms with E-state index in [2.05, 4.69) is 0 Å². The SMILES string of the molecule is CC(=O)OCCC[Si]OC(=O)C(C)C. The molecule has 0 spiro atoms. The van der Waals surface area contributed by atoms with Crippen LogP contribution in [-0.2, 0) is 18.8 Å². The smallest absolute Gasteiger partial charge is 0.314 e. The molecule has 0 rings (SSSR count). The van der Waals surface area contributed by atoms with E-state index in [-0.39, 0.29) is 27.6 Å². The summed E-state index contributed by atoms with van der Waals surface area (Å²) in [6.45, 7) is 5.37. The highest BCUT2D eigenvalue weighted by molar-refractivity contribution is 6.30. The van der Waals surface area contributed by atoms with Crippen molar-refractivity contribution in [2.24, 2.45) is 5.92 Å². The van der Waals surface area contributed by atoms with Gasteiger partial charge in [-0.3, -0.25) is 9.59 Å². The Balaban J connectivity index is 3.22. The van der Waals surface area contributed by atoms with Crippen LogP contribution >= 0.6 is 0 Å². The van der Waals surface area contributed by atoms with Crippen LogP contribution in [0, 0.1) is 5.92 Å². The van der Waals surface area contributed by atoms with E-state index in [1.165, 1.54) is 6.92 Å². The number of carbonyl (C=O) groups is 2. The van der Waals surface area contributed by atoms with Crippen LogP contribution in [0.5, 0.6) is 0 Å². The minimum absolute atomic E-state index is 0.0732. The molecule has 5 heteroatoms. The van der Waals surface area contributed by atoms with Crippen LogP contribution in [0.1, 0.15) is 27.2 Å². The van der Waals surface area contributed by atoms with Crippen LogP contribution in [0.3, 0.4) is 0 Å². The zero-order chi connectivity index (χ0) is 11.0. The fourth-order valence-corrected chi connectivity index (χ4v) is 1.37. The van der Waals surface area contributed by atoms with Crippen LogP contribution < -0.4 is 0 Å². The van der Waals surface area contributed by atoms with Gasteiger partial charge < -0.3 is 9.16 Å². The molecule has 0 aliphatic heterocycles. The predicted molar refractivity (Wildman–Crippen MR) is 52.7 cm³/mol. The van der Waals surface area contributed by atoms with Gasteiger partial charge in [-0.1, -0.05) is 13.8 Å². The van der Waals surface area contributed by atoms with Crippen molar-refractivity contribution in [3.05, 3.63) is 0 Å². The van der Waals surface area contributed by atoms with E-state index in [1.54, 1.807) is 13.8 Å².